The molecule has 0 bridgehead atoms. The molecule has 0 aromatic carbocycles. The van der Waals surface area contributed by atoms with E-state index < -0.39 is 5.67 Å². The Balaban J connectivity index is 1.33. The monoisotopic (exact) mass is 384 g/mol. The number of amides is 1. The zero-order valence-corrected chi connectivity index (χ0v) is 15.9. The molecule has 1 amide bonds. The van der Waals surface area contributed by atoms with E-state index in [1.54, 1.807) is 17.3 Å². The van der Waals surface area contributed by atoms with Crippen molar-refractivity contribution in [2.75, 3.05) is 13.2 Å². The van der Waals surface area contributed by atoms with Crippen molar-refractivity contribution in [3.05, 3.63) is 47.8 Å². The molecule has 0 N–H and O–H groups in total. The molecule has 2 fully saturated rings. The van der Waals surface area contributed by atoms with Crippen LogP contribution < -0.4 is 0 Å². The van der Waals surface area contributed by atoms with Crippen LogP contribution in [0.15, 0.2) is 30.9 Å². The maximum absolute atomic E-state index is 14.4. The molecule has 2 aromatic rings. The van der Waals surface area contributed by atoms with Crippen molar-refractivity contribution < 1.29 is 13.9 Å². The van der Waals surface area contributed by atoms with E-state index >= 15 is 0 Å². The van der Waals surface area contributed by atoms with Crippen LogP contribution in [0.3, 0.4) is 0 Å². The fourth-order valence-electron chi connectivity index (χ4n) is 4.04. The lowest BCUT2D eigenvalue weighted by Crippen LogP contribution is -2.44. The van der Waals surface area contributed by atoms with E-state index in [0.717, 1.165) is 29.4 Å². The molecule has 28 heavy (non-hydrogen) atoms. The van der Waals surface area contributed by atoms with Gasteiger partial charge in [-0.2, -0.15) is 0 Å². The van der Waals surface area contributed by atoms with Crippen molar-refractivity contribution in [1.82, 2.24) is 19.4 Å². The Hall–Kier alpha value is -2.28. The molecule has 5 rings (SSSR count). The molecular formula is C21H25FN4O2. The highest BCUT2D eigenvalue weighted by Crippen LogP contribution is 2.43. The number of alkyl halides is 1. The number of fused-ring (bicyclic) bond motifs is 1. The number of carbonyl (C=O) groups is 1. The first kappa shape index (κ1) is 17.8. The third kappa shape index (κ3) is 3.55. The van der Waals surface area contributed by atoms with E-state index in [4.69, 9.17) is 4.74 Å². The zero-order valence-electron chi connectivity index (χ0n) is 15.9. The lowest BCUT2D eigenvalue weighted by molar-refractivity contribution is -0.139. The van der Waals surface area contributed by atoms with Gasteiger partial charge in [-0.3, -0.25) is 9.78 Å². The summed E-state index contributed by atoms with van der Waals surface area (Å²) < 4.78 is 22.6. The lowest BCUT2D eigenvalue weighted by atomic mass is 9.98. The van der Waals surface area contributed by atoms with E-state index in [9.17, 15) is 9.18 Å². The van der Waals surface area contributed by atoms with E-state index in [2.05, 4.69) is 14.5 Å². The number of carbonyl (C=O) groups excluding carboxylic acids is 1. The van der Waals surface area contributed by atoms with Crippen molar-refractivity contribution in [2.24, 2.45) is 5.92 Å². The van der Waals surface area contributed by atoms with Crippen LogP contribution in [0, 0.1) is 5.92 Å². The van der Waals surface area contributed by atoms with Crippen LogP contribution in [0.2, 0.25) is 0 Å². The average molecular weight is 384 g/mol. The molecule has 0 radical (unpaired) electrons. The summed E-state index contributed by atoms with van der Waals surface area (Å²) >= 11 is 0. The van der Waals surface area contributed by atoms with Crippen LogP contribution in [-0.4, -0.2) is 44.2 Å². The second-order valence-electron chi connectivity index (χ2n) is 8.40. The number of ether oxygens (including phenoxy) is 1. The standard InChI is InChI=1S/C21H25FN4O2/c22-21(5-6-21)20(27)25-10-17(13-28-12-16-2-1-7-23-8-16)19-18(11-25)24-14-26(19)9-15-3-4-15/h1-2,7-8,14-15,17H,3-6,9-13H2. The number of hydrogen-bond acceptors (Lipinski definition) is 4. The Kier molecular flexibility index (Phi) is 4.42. The number of pyridine rings is 1. The van der Waals surface area contributed by atoms with Gasteiger partial charge in [-0.15, -0.1) is 0 Å². The first-order valence-corrected chi connectivity index (χ1v) is 10.1. The van der Waals surface area contributed by atoms with E-state index in [0.29, 0.717) is 39.1 Å². The topological polar surface area (TPSA) is 60.2 Å². The maximum Gasteiger partial charge on any atom is 0.260 e. The molecule has 7 heteroatoms. The third-order valence-corrected chi connectivity index (χ3v) is 5.95. The smallest absolute Gasteiger partial charge is 0.260 e. The van der Waals surface area contributed by atoms with Crippen molar-refractivity contribution in [3.8, 4) is 0 Å². The fraction of sp³-hybridized carbons (Fsp3) is 0.571. The summed E-state index contributed by atoms with van der Waals surface area (Å²) in [5.41, 5.74) is 1.42. The summed E-state index contributed by atoms with van der Waals surface area (Å²) in [6.07, 6.45) is 8.63. The van der Waals surface area contributed by atoms with Gasteiger partial charge in [0.2, 0.25) is 0 Å². The van der Waals surface area contributed by atoms with Gasteiger partial charge in [-0.25, -0.2) is 9.37 Å². The first-order chi connectivity index (χ1) is 13.6. The Bertz CT molecular complexity index is 861. The Morgan fingerprint density at radius 3 is 2.93 bits per heavy atom. The SMILES string of the molecule is O=C(N1Cc2ncn(CC3CC3)c2C(COCc2cccnc2)C1)C1(F)CC1. The van der Waals surface area contributed by atoms with Crippen molar-refractivity contribution >= 4 is 5.91 Å². The third-order valence-electron chi connectivity index (χ3n) is 5.95. The molecule has 1 aliphatic heterocycles. The fourth-order valence-corrected chi connectivity index (χ4v) is 4.04. The molecular weight excluding hydrogens is 359 g/mol. The number of halogens is 1. The number of nitrogens with zero attached hydrogens (tertiary/aromatic N) is 4. The predicted molar refractivity (Wildman–Crippen MR) is 100 cm³/mol. The van der Waals surface area contributed by atoms with Gasteiger partial charge in [-0.1, -0.05) is 6.07 Å². The van der Waals surface area contributed by atoms with Crippen LogP contribution in [-0.2, 0) is 29.2 Å². The lowest BCUT2D eigenvalue weighted by Gasteiger charge is -2.34. The molecule has 0 spiro atoms. The minimum absolute atomic E-state index is 0.00738. The summed E-state index contributed by atoms with van der Waals surface area (Å²) in [6, 6.07) is 3.87. The molecule has 3 heterocycles. The molecule has 2 aliphatic carbocycles. The Labute approximate surface area is 163 Å². The zero-order chi connectivity index (χ0) is 19.1. The second kappa shape index (κ2) is 6.95. The molecule has 6 nitrogen and oxygen atoms in total. The van der Waals surface area contributed by atoms with Gasteiger partial charge in [0.1, 0.15) is 0 Å². The molecule has 1 unspecified atom stereocenters. The molecule has 148 valence electrons. The van der Waals surface area contributed by atoms with Gasteiger partial charge in [0, 0.05) is 37.1 Å². The number of rotatable bonds is 7. The van der Waals surface area contributed by atoms with Gasteiger partial charge in [0.15, 0.2) is 5.67 Å². The van der Waals surface area contributed by atoms with E-state index in [-0.39, 0.29) is 11.8 Å². The van der Waals surface area contributed by atoms with Crippen LogP contribution in [0.1, 0.15) is 48.6 Å². The minimum Gasteiger partial charge on any atom is -0.376 e. The second-order valence-corrected chi connectivity index (χ2v) is 8.40. The summed E-state index contributed by atoms with van der Waals surface area (Å²) in [5.74, 6) is 0.357. The van der Waals surface area contributed by atoms with Gasteiger partial charge >= 0.3 is 0 Å². The van der Waals surface area contributed by atoms with Gasteiger partial charge in [-0.05, 0) is 43.2 Å². The van der Waals surface area contributed by atoms with Crippen LogP contribution >= 0.6 is 0 Å². The van der Waals surface area contributed by atoms with E-state index in [1.807, 2.05) is 18.5 Å². The first-order valence-electron chi connectivity index (χ1n) is 10.1. The van der Waals surface area contributed by atoms with Crippen molar-refractivity contribution in [1.29, 1.82) is 0 Å². The molecule has 0 saturated heterocycles. The average Bonchev–Trinajstić information content (AvgIpc) is 3.63. The Morgan fingerprint density at radius 1 is 1.36 bits per heavy atom. The molecule has 1 atom stereocenters. The summed E-state index contributed by atoms with van der Waals surface area (Å²) in [5, 5.41) is 0. The summed E-state index contributed by atoms with van der Waals surface area (Å²) in [4.78, 5) is 22.9. The largest absolute Gasteiger partial charge is 0.376 e. The predicted octanol–water partition coefficient (Wildman–Crippen LogP) is 2.83. The van der Waals surface area contributed by atoms with Crippen molar-refractivity contribution in [3.63, 3.8) is 0 Å². The van der Waals surface area contributed by atoms with Crippen LogP contribution in [0.5, 0.6) is 0 Å². The normalized spacial score (nSPS) is 22.8. The number of aromatic nitrogens is 3. The highest BCUT2D eigenvalue weighted by atomic mass is 19.1. The minimum atomic E-state index is -1.64. The number of imidazole rings is 1. The molecule has 2 saturated carbocycles. The van der Waals surface area contributed by atoms with Gasteiger partial charge in [0.25, 0.3) is 5.91 Å². The number of hydrogen-bond donors (Lipinski definition) is 0. The molecule has 2 aromatic heterocycles. The van der Waals surface area contributed by atoms with Crippen LogP contribution in [0.4, 0.5) is 4.39 Å². The summed E-state index contributed by atoms with van der Waals surface area (Å²) in [7, 11) is 0. The van der Waals surface area contributed by atoms with Gasteiger partial charge < -0.3 is 14.2 Å². The van der Waals surface area contributed by atoms with Gasteiger partial charge in [0.05, 0.1) is 31.8 Å². The van der Waals surface area contributed by atoms with Crippen molar-refractivity contribution in [2.45, 2.75) is 57.0 Å². The maximum atomic E-state index is 14.4. The molecule has 3 aliphatic rings. The van der Waals surface area contributed by atoms with Crippen LogP contribution in [0.25, 0.3) is 0 Å². The highest BCUT2D eigenvalue weighted by molar-refractivity contribution is 5.88. The summed E-state index contributed by atoms with van der Waals surface area (Å²) in [6.45, 7) is 2.80. The highest BCUT2D eigenvalue weighted by Gasteiger charge is 2.53. The van der Waals surface area contributed by atoms with E-state index in [1.165, 1.54) is 12.8 Å². The Morgan fingerprint density at radius 2 is 2.21 bits per heavy atom. The quantitative estimate of drug-likeness (QED) is 0.737.